The third-order valence-electron chi connectivity index (χ3n) is 3.52. The Kier molecular flexibility index (Phi) is 7.33. The van der Waals surface area contributed by atoms with Crippen LogP contribution in [-0.2, 0) is 9.59 Å². The summed E-state index contributed by atoms with van der Waals surface area (Å²) in [6.45, 7) is 3.58. The first-order valence-electron chi connectivity index (χ1n) is 8.27. The molecule has 0 aliphatic rings. The summed E-state index contributed by atoms with van der Waals surface area (Å²) in [6, 6.07) is 12.2. The van der Waals surface area contributed by atoms with Crippen molar-refractivity contribution >= 4 is 35.0 Å². The number of anilines is 2. The third kappa shape index (κ3) is 7.51. The molecule has 0 spiro atoms. The topological polar surface area (TPSA) is 67.4 Å². The fraction of sp³-hybridized carbons (Fsp3) is 0.263. The van der Waals surface area contributed by atoms with Crippen molar-refractivity contribution in [3.63, 3.8) is 0 Å². The molecule has 0 saturated carbocycles. The van der Waals surface area contributed by atoms with Crippen molar-refractivity contribution in [1.29, 1.82) is 0 Å². The van der Waals surface area contributed by atoms with Gasteiger partial charge in [0, 0.05) is 11.4 Å². The number of carbonyl (C=O) groups is 2. The number of amides is 2. The summed E-state index contributed by atoms with van der Waals surface area (Å²) in [5, 5.41) is 4.79. The summed E-state index contributed by atoms with van der Waals surface area (Å²) in [4.78, 5) is 24.1. The van der Waals surface area contributed by atoms with Gasteiger partial charge in [0.2, 0.25) is 11.8 Å². The molecule has 0 bridgehead atoms. The largest absolute Gasteiger partial charge is 0.573 e. The molecule has 150 valence electrons. The van der Waals surface area contributed by atoms with Crippen LogP contribution in [0.5, 0.6) is 5.75 Å². The maximum atomic E-state index is 12.2. The van der Waals surface area contributed by atoms with Gasteiger partial charge in [-0.3, -0.25) is 9.59 Å². The van der Waals surface area contributed by atoms with Crippen molar-refractivity contribution in [2.24, 2.45) is 0 Å². The molecule has 2 rings (SSSR count). The Labute approximate surface area is 164 Å². The molecule has 0 aliphatic carbocycles. The first kappa shape index (κ1) is 21.6. The molecule has 28 heavy (non-hydrogen) atoms. The molecule has 2 amide bonds. The molecule has 5 nitrogen and oxygen atoms in total. The molecule has 0 radical (unpaired) electrons. The molecule has 0 unspecified atom stereocenters. The number of benzene rings is 2. The van der Waals surface area contributed by atoms with E-state index in [0.717, 1.165) is 29.5 Å². The number of thioether (sulfide) groups is 1. The fourth-order valence-corrected chi connectivity index (χ4v) is 2.78. The number of ether oxygens (including phenoxy) is 1. The predicted molar refractivity (Wildman–Crippen MR) is 103 cm³/mol. The van der Waals surface area contributed by atoms with E-state index in [4.69, 9.17) is 0 Å². The highest BCUT2D eigenvalue weighted by Crippen LogP contribution is 2.24. The standard InChI is InChI=1S/C19H19F3N2O3S/c1-12-3-5-14(6-4-12)23-17(25)11-28-13(2)18(26)24-15-7-9-16(10-8-15)27-19(20,21)22/h3-10,13H,11H2,1-2H3,(H,23,25)(H,24,26)/t13-/m1/s1. The van der Waals surface area contributed by atoms with E-state index in [0.29, 0.717) is 11.4 Å². The maximum absolute atomic E-state index is 12.2. The highest BCUT2D eigenvalue weighted by atomic mass is 32.2. The Balaban J connectivity index is 1.79. The zero-order valence-corrected chi connectivity index (χ0v) is 16.0. The fourth-order valence-electron chi connectivity index (χ4n) is 2.09. The minimum absolute atomic E-state index is 0.0842. The Morgan fingerprint density at radius 1 is 1.00 bits per heavy atom. The van der Waals surface area contributed by atoms with Gasteiger partial charge in [-0.1, -0.05) is 17.7 Å². The van der Waals surface area contributed by atoms with E-state index in [1.54, 1.807) is 19.1 Å². The molecule has 0 aromatic heterocycles. The summed E-state index contributed by atoms with van der Waals surface area (Å²) >= 11 is 1.15. The van der Waals surface area contributed by atoms with Crippen LogP contribution in [0.4, 0.5) is 24.5 Å². The normalized spacial score (nSPS) is 12.2. The monoisotopic (exact) mass is 412 g/mol. The van der Waals surface area contributed by atoms with Crippen molar-refractivity contribution in [2.45, 2.75) is 25.5 Å². The zero-order chi connectivity index (χ0) is 20.7. The Morgan fingerprint density at radius 2 is 1.54 bits per heavy atom. The number of halogens is 3. The second kappa shape index (κ2) is 9.50. The van der Waals surface area contributed by atoms with E-state index in [2.05, 4.69) is 15.4 Å². The van der Waals surface area contributed by atoms with Crippen LogP contribution in [0.2, 0.25) is 0 Å². The Hall–Kier alpha value is -2.68. The van der Waals surface area contributed by atoms with Gasteiger partial charge in [0.25, 0.3) is 0 Å². The molecule has 2 aromatic rings. The minimum atomic E-state index is -4.77. The van der Waals surface area contributed by atoms with E-state index in [-0.39, 0.29) is 23.3 Å². The zero-order valence-electron chi connectivity index (χ0n) is 15.2. The smallest absolute Gasteiger partial charge is 0.406 e. The van der Waals surface area contributed by atoms with Crippen LogP contribution in [0.1, 0.15) is 12.5 Å². The molecule has 2 N–H and O–H groups in total. The lowest BCUT2D eigenvalue weighted by atomic mass is 10.2. The van der Waals surface area contributed by atoms with Gasteiger partial charge in [-0.25, -0.2) is 0 Å². The second-order valence-corrected chi connectivity index (χ2v) is 7.26. The SMILES string of the molecule is Cc1ccc(NC(=O)CS[C@H](C)C(=O)Nc2ccc(OC(F)(F)F)cc2)cc1. The number of alkyl halides is 3. The summed E-state index contributed by atoms with van der Waals surface area (Å²) in [5.74, 6) is -0.888. The average Bonchev–Trinajstić information content (AvgIpc) is 2.62. The highest BCUT2D eigenvalue weighted by Gasteiger charge is 2.31. The van der Waals surface area contributed by atoms with Gasteiger partial charge in [-0.15, -0.1) is 24.9 Å². The average molecular weight is 412 g/mol. The van der Waals surface area contributed by atoms with Crippen LogP contribution in [-0.4, -0.2) is 29.2 Å². The van der Waals surface area contributed by atoms with Crippen LogP contribution >= 0.6 is 11.8 Å². The quantitative estimate of drug-likeness (QED) is 0.698. The van der Waals surface area contributed by atoms with Crippen LogP contribution in [0.3, 0.4) is 0 Å². The second-order valence-electron chi connectivity index (χ2n) is 5.93. The molecule has 0 fully saturated rings. The van der Waals surface area contributed by atoms with Crippen molar-refractivity contribution in [3.05, 3.63) is 54.1 Å². The third-order valence-corrected chi connectivity index (χ3v) is 4.67. The lowest BCUT2D eigenvalue weighted by Crippen LogP contribution is -2.25. The predicted octanol–water partition coefficient (Wildman–Crippen LogP) is 4.59. The summed E-state index contributed by atoms with van der Waals surface area (Å²) < 4.78 is 40.2. The van der Waals surface area contributed by atoms with Gasteiger partial charge < -0.3 is 15.4 Å². The summed E-state index contributed by atoms with van der Waals surface area (Å²) in [5.41, 5.74) is 2.08. The Bertz CT molecular complexity index is 809. The molecular formula is C19H19F3N2O3S. The van der Waals surface area contributed by atoms with E-state index < -0.39 is 11.6 Å². The molecule has 0 heterocycles. The van der Waals surface area contributed by atoms with Crippen molar-refractivity contribution in [2.75, 3.05) is 16.4 Å². The summed E-state index contributed by atoms with van der Waals surface area (Å²) in [6.07, 6.45) is -4.77. The Morgan fingerprint density at radius 3 is 2.11 bits per heavy atom. The number of aryl methyl sites for hydroxylation is 1. The van der Waals surface area contributed by atoms with Gasteiger partial charge in [0.05, 0.1) is 11.0 Å². The van der Waals surface area contributed by atoms with Gasteiger partial charge in [0.15, 0.2) is 0 Å². The molecule has 9 heteroatoms. The van der Waals surface area contributed by atoms with Crippen LogP contribution in [0, 0.1) is 6.92 Å². The van der Waals surface area contributed by atoms with Crippen LogP contribution in [0.15, 0.2) is 48.5 Å². The first-order valence-corrected chi connectivity index (χ1v) is 9.32. The first-order chi connectivity index (χ1) is 13.1. The highest BCUT2D eigenvalue weighted by molar-refractivity contribution is 8.01. The molecular weight excluding hydrogens is 393 g/mol. The summed E-state index contributed by atoms with van der Waals surface area (Å²) in [7, 11) is 0. The van der Waals surface area contributed by atoms with Crippen molar-refractivity contribution in [3.8, 4) is 5.75 Å². The van der Waals surface area contributed by atoms with E-state index in [1.807, 2.05) is 19.1 Å². The lowest BCUT2D eigenvalue weighted by molar-refractivity contribution is -0.274. The molecule has 0 aliphatic heterocycles. The van der Waals surface area contributed by atoms with Gasteiger partial charge in [0.1, 0.15) is 5.75 Å². The van der Waals surface area contributed by atoms with E-state index >= 15 is 0 Å². The van der Waals surface area contributed by atoms with Crippen LogP contribution < -0.4 is 15.4 Å². The van der Waals surface area contributed by atoms with Crippen molar-refractivity contribution < 1.29 is 27.5 Å². The van der Waals surface area contributed by atoms with Gasteiger partial charge in [-0.05, 0) is 50.2 Å². The molecule has 1 atom stereocenters. The molecule has 2 aromatic carbocycles. The van der Waals surface area contributed by atoms with Gasteiger partial charge >= 0.3 is 6.36 Å². The number of hydrogen-bond acceptors (Lipinski definition) is 4. The number of nitrogens with one attached hydrogen (secondary N) is 2. The number of hydrogen-bond donors (Lipinski definition) is 2. The maximum Gasteiger partial charge on any atom is 0.573 e. The number of carbonyl (C=O) groups excluding carboxylic acids is 2. The molecule has 0 saturated heterocycles. The van der Waals surface area contributed by atoms with E-state index in [1.165, 1.54) is 12.1 Å². The van der Waals surface area contributed by atoms with Crippen molar-refractivity contribution in [1.82, 2.24) is 0 Å². The lowest BCUT2D eigenvalue weighted by Gasteiger charge is -2.13. The van der Waals surface area contributed by atoms with Gasteiger partial charge in [-0.2, -0.15) is 0 Å². The van der Waals surface area contributed by atoms with Crippen LogP contribution in [0.25, 0.3) is 0 Å². The number of rotatable bonds is 7. The van der Waals surface area contributed by atoms with E-state index in [9.17, 15) is 22.8 Å². The minimum Gasteiger partial charge on any atom is -0.406 e.